The van der Waals surface area contributed by atoms with Crippen molar-refractivity contribution in [2.45, 2.75) is 19.6 Å². The molecule has 0 aliphatic heterocycles. The molecule has 0 bridgehead atoms. The molecule has 0 aliphatic rings. The fourth-order valence-electron chi connectivity index (χ4n) is 0.462. The highest BCUT2D eigenvalue weighted by molar-refractivity contribution is 4.50. The first-order valence-electron chi connectivity index (χ1n) is 2.76. The predicted molar refractivity (Wildman–Crippen MR) is 29.0 cm³/mol. The summed E-state index contributed by atoms with van der Waals surface area (Å²) < 4.78 is 34.7. The Morgan fingerprint density at radius 2 is 1.78 bits per heavy atom. The molecule has 0 fully saturated rings. The van der Waals surface area contributed by atoms with E-state index in [1.807, 2.05) is 0 Å². The van der Waals surface area contributed by atoms with E-state index in [9.17, 15) is 13.2 Å². The number of nitrogens with zero attached hydrogens (tertiary/aromatic N) is 1. The number of alkyl halides is 3. The lowest BCUT2D eigenvalue weighted by molar-refractivity contribution is -0.236. The van der Waals surface area contributed by atoms with Crippen LogP contribution in [0.5, 0.6) is 0 Å². The first kappa shape index (κ1) is 8.75. The summed E-state index contributed by atoms with van der Waals surface area (Å²) in [5.41, 5.74) is 0. The van der Waals surface area contributed by atoms with E-state index in [-0.39, 0.29) is 6.54 Å². The Bertz CT molecular complexity index is 78.8. The first-order chi connectivity index (χ1) is 3.98. The number of hydrogen-bond donors (Lipinski definition) is 0. The SMILES string of the molecule is CCCN(C)C(F)(F)F. The highest BCUT2D eigenvalue weighted by Crippen LogP contribution is 2.18. The summed E-state index contributed by atoms with van der Waals surface area (Å²) in [6.45, 7) is 1.78. The van der Waals surface area contributed by atoms with Crippen LogP contribution in [0.1, 0.15) is 13.3 Å². The Balaban J connectivity index is 3.59. The molecule has 0 unspecified atom stereocenters. The molecule has 0 spiro atoms. The van der Waals surface area contributed by atoms with Gasteiger partial charge in [-0.25, -0.2) is 4.90 Å². The molecule has 0 amide bonds. The van der Waals surface area contributed by atoms with Gasteiger partial charge in [0.25, 0.3) is 0 Å². The molecule has 0 N–H and O–H groups in total. The Morgan fingerprint density at radius 3 is 1.89 bits per heavy atom. The van der Waals surface area contributed by atoms with Crippen molar-refractivity contribution in [1.29, 1.82) is 0 Å². The van der Waals surface area contributed by atoms with Crippen molar-refractivity contribution < 1.29 is 13.2 Å². The van der Waals surface area contributed by atoms with Gasteiger partial charge >= 0.3 is 6.30 Å². The minimum Gasteiger partial charge on any atom is -0.217 e. The fourth-order valence-corrected chi connectivity index (χ4v) is 0.462. The van der Waals surface area contributed by atoms with E-state index >= 15 is 0 Å². The molecule has 0 saturated heterocycles. The molecule has 0 rings (SSSR count). The summed E-state index contributed by atoms with van der Waals surface area (Å²) in [7, 11) is 1.05. The second-order valence-corrected chi connectivity index (χ2v) is 1.89. The Morgan fingerprint density at radius 1 is 1.33 bits per heavy atom. The molecule has 0 aromatic carbocycles. The third kappa shape index (κ3) is 3.35. The maximum atomic E-state index is 11.6. The third-order valence-corrected chi connectivity index (χ3v) is 0.992. The highest BCUT2D eigenvalue weighted by Gasteiger charge is 2.32. The summed E-state index contributed by atoms with van der Waals surface area (Å²) in [5.74, 6) is 0. The van der Waals surface area contributed by atoms with Crippen molar-refractivity contribution in [3.05, 3.63) is 0 Å². The van der Waals surface area contributed by atoms with Gasteiger partial charge in [0, 0.05) is 6.54 Å². The van der Waals surface area contributed by atoms with Gasteiger partial charge in [-0.2, -0.15) is 13.2 Å². The Hall–Kier alpha value is -0.250. The molecule has 0 aromatic heterocycles. The minimum atomic E-state index is -4.16. The van der Waals surface area contributed by atoms with Gasteiger partial charge in [0.05, 0.1) is 0 Å². The van der Waals surface area contributed by atoms with E-state index in [0.717, 1.165) is 7.05 Å². The molecule has 56 valence electrons. The second-order valence-electron chi connectivity index (χ2n) is 1.89. The molecule has 4 heteroatoms. The molecule has 9 heavy (non-hydrogen) atoms. The number of hydrogen-bond acceptors (Lipinski definition) is 1. The van der Waals surface area contributed by atoms with Crippen LogP contribution in [0.2, 0.25) is 0 Å². The van der Waals surface area contributed by atoms with Gasteiger partial charge in [-0.15, -0.1) is 0 Å². The van der Waals surface area contributed by atoms with E-state index in [1.54, 1.807) is 6.92 Å². The van der Waals surface area contributed by atoms with Crippen molar-refractivity contribution in [3.63, 3.8) is 0 Å². The van der Waals surface area contributed by atoms with Crippen LogP contribution in [-0.4, -0.2) is 24.8 Å². The number of halogens is 3. The highest BCUT2D eigenvalue weighted by atomic mass is 19.4. The Kier molecular flexibility index (Phi) is 2.97. The van der Waals surface area contributed by atoms with Crippen LogP contribution in [0, 0.1) is 0 Å². The van der Waals surface area contributed by atoms with Crippen molar-refractivity contribution in [2.75, 3.05) is 13.6 Å². The van der Waals surface area contributed by atoms with Gasteiger partial charge in [-0.05, 0) is 13.5 Å². The van der Waals surface area contributed by atoms with Crippen molar-refractivity contribution in [3.8, 4) is 0 Å². The van der Waals surface area contributed by atoms with Gasteiger partial charge in [0.15, 0.2) is 0 Å². The molecular formula is C5H10F3N. The van der Waals surface area contributed by atoms with E-state index in [1.165, 1.54) is 0 Å². The maximum absolute atomic E-state index is 11.6. The smallest absolute Gasteiger partial charge is 0.217 e. The molecule has 0 aromatic rings. The quantitative estimate of drug-likeness (QED) is 0.530. The van der Waals surface area contributed by atoms with Gasteiger partial charge < -0.3 is 0 Å². The average molecular weight is 141 g/mol. The third-order valence-electron chi connectivity index (χ3n) is 0.992. The van der Waals surface area contributed by atoms with Gasteiger partial charge in [0.2, 0.25) is 0 Å². The molecule has 0 saturated carbocycles. The van der Waals surface area contributed by atoms with E-state index in [2.05, 4.69) is 0 Å². The van der Waals surface area contributed by atoms with E-state index in [0.29, 0.717) is 11.3 Å². The first-order valence-corrected chi connectivity index (χ1v) is 2.76. The van der Waals surface area contributed by atoms with Crippen LogP contribution < -0.4 is 0 Å². The topological polar surface area (TPSA) is 3.24 Å². The van der Waals surface area contributed by atoms with Crippen LogP contribution in [0.3, 0.4) is 0 Å². The zero-order valence-corrected chi connectivity index (χ0v) is 5.50. The predicted octanol–water partition coefficient (Wildman–Crippen LogP) is 1.85. The fraction of sp³-hybridized carbons (Fsp3) is 1.00. The van der Waals surface area contributed by atoms with E-state index < -0.39 is 6.30 Å². The zero-order chi connectivity index (χ0) is 7.49. The van der Waals surface area contributed by atoms with Crippen molar-refractivity contribution >= 4 is 0 Å². The summed E-state index contributed by atoms with van der Waals surface area (Å²) in [4.78, 5) is 0.368. The van der Waals surface area contributed by atoms with Gasteiger partial charge in [0.1, 0.15) is 0 Å². The lowest BCUT2D eigenvalue weighted by Crippen LogP contribution is -2.34. The zero-order valence-electron chi connectivity index (χ0n) is 5.50. The molecule has 0 atom stereocenters. The summed E-state index contributed by atoms with van der Waals surface area (Å²) >= 11 is 0. The van der Waals surface area contributed by atoms with Crippen LogP contribution in [-0.2, 0) is 0 Å². The van der Waals surface area contributed by atoms with Gasteiger partial charge in [-0.1, -0.05) is 6.92 Å². The maximum Gasteiger partial charge on any atom is 0.459 e. The molecule has 0 heterocycles. The van der Waals surface area contributed by atoms with Crippen LogP contribution in [0.25, 0.3) is 0 Å². The Labute approximate surface area is 52.5 Å². The van der Waals surface area contributed by atoms with E-state index in [4.69, 9.17) is 0 Å². The molecule has 0 aliphatic carbocycles. The molecule has 0 radical (unpaired) electrons. The molecular weight excluding hydrogens is 131 g/mol. The largest absolute Gasteiger partial charge is 0.459 e. The standard InChI is InChI=1S/C5H10F3N/c1-3-4-9(2)5(6,7)8/h3-4H2,1-2H3. The average Bonchev–Trinajstić information content (AvgIpc) is 1.64. The van der Waals surface area contributed by atoms with Crippen LogP contribution in [0.4, 0.5) is 13.2 Å². The lowest BCUT2D eigenvalue weighted by Gasteiger charge is -2.18. The lowest BCUT2D eigenvalue weighted by atomic mass is 10.4. The summed E-state index contributed by atoms with van der Waals surface area (Å²) in [6.07, 6.45) is -3.63. The summed E-state index contributed by atoms with van der Waals surface area (Å²) in [6, 6.07) is 0. The van der Waals surface area contributed by atoms with Crippen molar-refractivity contribution in [2.24, 2.45) is 0 Å². The van der Waals surface area contributed by atoms with Crippen LogP contribution in [0.15, 0.2) is 0 Å². The van der Waals surface area contributed by atoms with Gasteiger partial charge in [-0.3, -0.25) is 0 Å². The number of rotatable bonds is 2. The second kappa shape index (κ2) is 3.06. The van der Waals surface area contributed by atoms with Crippen LogP contribution >= 0.6 is 0 Å². The van der Waals surface area contributed by atoms with Crippen molar-refractivity contribution in [1.82, 2.24) is 4.90 Å². The normalized spacial score (nSPS) is 12.7. The monoisotopic (exact) mass is 141 g/mol. The summed E-state index contributed by atoms with van der Waals surface area (Å²) in [5, 5.41) is 0. The minimum absolute atomic E-state index is 0.0729. The molecule has 1 nitrogen and oxygen atoms in total.